The van der Waals surface area contributed by atoms with Crippen molar-refractivity contribution in [1.82, 2.24) is 0 Å². The van der Waals surface area contributed by atoms with E-state index < -0.39 is 0 Å². The molecule has 2 atom stereocenters. The molecule has 3 nitrogen and oxygen atoms in total. The molecule has 94 valence electrons. The molecule has 1 saturated carbocycles. The molecule has 0 radical (unpaired) electrons. The molecule has 0 bridgehead atoms. The fraction of sp³-hybridized carbons (Fsp3) is 0.571. The molecule has 0 aromatic heterocycles. The molecule has 0 heterocycles. The van der Waals surface area contributed by atoms with E-state index in [-0.39, 0.29) is 18.8 Å². The van der Waals surface area contributed by atoms with Crippen LogP contribution < -0.4 is 4.74 Å². The lowest BCUT2D eigenvalue weighted by Crippen LogP contribution is -2.34. The summed E-state index contributed by atoms with van der Waals surface area (Å²) in [6.45, 7) is 0.119. The first-order chi connectivity index (χ1) is 8.31. The van der Waals surface area contributed by atoms with E-state index in [1.54, 1.807) is 0 Å². The molecule has 17 heavy (non-hydrogen) atoms. The van der Waals surface area contributed by atoms with E-state index in [2.05, 4.69) is 0 Å². The lowest BCUT2D eigenvalue weighted by Gasteiger charge is -2.29. The lowest BCUT2D eigenvalue weighted by molar-refractivity contribution is 0.00633. The average Bonchev–Trinajstić information content (AvgIpc) is 2.35. The Hall–Kier alpha value is -1.06. The van der Waals surface area contributed by atoms with Gasteiger partial charge in [0.15, 0.2) is 0 Å². The SMILES string of the molecule is OCCc1ccccc1O[C@@H]1CCCC[C@H]1O. The number of hydrogen-bond acceptors (Lipinski definition) is 3. The third-order valence-corrected chi connectivity index (χ3v) is 3.30. The molecule has 0 spiro atoms. The summed E-state index contributed by atoms with van der Waals surface area (Å²) in [5.41, 5.74) is 1.01. The quantitative estimate of drug-likeness (QED) is 0.839. The molecule has 3 heteroatoms. The number of aliphatic hydroxyl groups is 2. The van der Waals surface area contributed by atoms with E-state index in [1.165, 1.54) is 0 Å². The van der Waals surface area contributed by atoms with Gasteiger partial charge in [-0.25, -0.2) is 0 Å². The zero-order valence-electron chi connectivity index (χ0n) is 10.0. The first kappa shape index (κ1) is 12.4. The molecule has 1 aromatic rings. The molecular formula is C14H20O3. The third kappa shape index (κ3) is 3.20. The lowest BCUT2D eigenvalue weighted by atomic mass is 9.94. The van der Waals surface area contributed by atoms with E-state index in [9.17, 15) is 5.11 Å². The second kappa shape index (κ2) is 6.03. The highest BCUT2D eigenvalue weighted by atomic mass is 16.5. The van der Waals surface area contributed by atoms with E-state index in [0.717, 1.165) is 37.0 Å². The molecule has 1 fully saturated rings. The molecule has 0 unspecified atom stereocenters. The predicted octanol–water partition coefficient (Wildman–Crippen LogP) is 1.90. The van der Waals surface area contributed by atoms with Gasteiger partial charge in [-0.1, -0.05) is 24.6 Å². The van der Waals surface area contributed by atoms with Crippen molar-refractivity contribution in [3.05, 3.63) is 29.8 Å². The van der Waals surface area contributed by atoms with Gasteiger partial charge in [-0.3, -0.25) is 0 Å². The van der Waals surface area contributed by atoms with E-state index in [1.807, 2.05) is 24.3 Å². The number of para-hydroxylation sites is 1. The van der Waals surface area contributed by atoms with Crippen molar-refractivity contribution >= 4 is 0 Å². The Labute approximate surface area is 102 Å². The Morgan fingerprint density at radius 3 is 2.71 bits per heavy atom. The van der Waals surface area contributed by atoms with Crippen molar-refractivity contribution < 1.29 is 14.9 Å². The topological polar surface area (TPSA) is 49.7 Å². The minimum atomic E-state index is -0.356. The van der Waals surface area contributed by atoms with Crippen LogP contribution in [0.5, 0.6) is 5.75 Å². The van der Waals surface area contributed by atoms with Crippen LogP contribution in [0.15, 0.2) is 24.3 Å². The minimum absolute atomic E-state index is 0.0939. The molecule has 0 saturated heterocycles. The smallest absolute Gasteiger partial charge is 0.124 e. The van der Waals surface area contributed by atoms with Crippen LogP contribution in [0, 0.1) is 0 Å². The highest BCUT2D eigenvalue weighted by Crippen LogP contribution is 2.26. The van der Waals surface area contributed by atoms with Crippen LogP contribution in [0.3, 0.4) is 0 Å². The predicted molar refractivity (Wildman–Crippen MR) is 66.1 cm³/mol. The van der Waals surface area contributed by atoms with Crippen LogP contribution in [-0.4, -0.2) is 29.0 Å². The van der Waals surface area contributed by atoms with Crippen LogP contribution >= 0.6 is 0 Å². The van der Waals surface area contributed by atoms with Crippen LogP contribution in [0.2, 0.25) is 0 Å². The second-order valence-electron chi connectivity index (χ2n) is 4.59. The summed E-state index contributed by atoms with van der Waals surface area (Å²) in [7, 11) is 0. The van der Waals surface area contributed by atoms with Crippen LogP contribution in [0.1, 0.15) is 31.2 Å². The Bertz CT molecular complexity index is 351. The van der Waals surface area contributed by atoms with Crippen LogP contribution in [0.25, 0.3) is 0 Å². The Morgan fingerprint density at radius 2 is 1.94 bits per heavy atom. The molecule has 2 N–H and O–H groups in total. The maximum absolute atomic E-state index is 9.88. The fourth-order valence-corrected chi connectivity index (χ4v) is 2.32. The van der Waals surface area contributed by atoms with Gasteiger partial charge in [-0.05, 0) is 37.3 Å². The van der Waals surface area contributed by atoms with Crippen molar-refractivity contribution in [1.29, 1.82) is 0 Å². The molecular weight excluding hydrogens is 216 g/mol. The highest BCUT2D eigenvalue weighted by Gasteiger charge is 2.25. The van der Waals surface area contributed by atoms with Gasteiger partial charge >= 0.3 is 0 Å². The van der Waals surface area contributed by atoms with Crippen molar-refractivity contribution in [2.75, 3.05) is 6.61 Å². The van der Waals surface area contributed by atoms with E-state index in [0.29, 0.717) is 6.42 Å². The monoisotopic (exact) mass is 236 g/mol. The van der Waals surface area contributed by atoms with Crippen molar-refractivity contribution in [2.24, 2.45) is 0 Å². The highest BCUT2D eigenvalue weighted by molar-refractivity contribution is 5.33. The number of ether oxygens (including phenoxy) is 1. The zero-order chi connectivity index (χ0) is 12.1. The normalized spacial score (nSPS) is 24.6. The van der Waals surface area contributed by atoms with Gasteiger partial charge in [-0.15, -0.1) is 0 Å². The maximum Gasteiger partial charge on any atom is 0.124 e. The Morgan fingerprint density at radius 1 is 1.18 bits per heavy atom. The Kier molecular flexibility index (Phi) is 4.40. The summed E-state index contributed by atoms with van der Waals surface area (Å²) in [5, 5.41) is 18.9. The Balaban J connectivity index is 2.06. The largest absolute Gasteiger partial charge is 0.487 e. The van der Waals surface area contributed by atoms with Crippen LogP contribution in [0.4, 0.5) is 0 Å². The summed E-state index contributed by atoms with van der Waals surface area (Å²) < 4.78 is 5.89. The van der Waals surface area contributed by atoms with Crippen molar-refractivity contribution in [2.45, 2.75) is 44.3 Å². The van der Waals surface area contributed by atoms with Crippen molar-refractivity contribution in [3.63, 3.8) is 0 Å². The fourth-order valence-electron chi connectivity index (χ4n) is 2.32. The van der Waals surface area contributed by atoms with Gasteiger partial charge in [-0.2, -0.15) is 0 Å². The molecule has 1 aliphatic carbocycles. The number of aliphatic hydroxyl groups excluding tert-OH is 2. The average molecular weight is 236 g/mol. The van der Waals surface area contributed by atoms with Crippen LogP contribution in [-0.2, 0) is 6.42 Å². The van der Waals surface area contributed by atoms with Gasteiger partial charge in [0.2, 0.25) is 0 Å². The molecule has 1 aliphatic rings. The minimum Gasteiger partial charge on any atom is -0.487 e. The number of hydrogen-bond donors (Lipinski definition) is 2. The third-order valence-electron chi connectivity index (χ3n) is 3.30. The molecule has 2 rings (SSSR count). The van der Waals surface area contributed by atoms with Gasteiger partial charge in [0.25, 0.3) is 0 Å². The van der Waals surface area contributed by atoms with Gasteiger partial charge in [0.05, 0.1) is 6.10 Å². The summed E-state index contributed by atoms with van der Waals surface area (Å²) in [6, 6.07) is 7.73. The van der Waals surface area contributed by atoms with Gasteiger partial charge in [0.1, 0.15) is 11.9 Å². The standard InChI is InChI=1S/C14H20O3/c15-10-9-11-5-1-3-7-13(11)17-14-8-4-2-6-12(14)16/h1,3,5,7,12,14-16H,2,4,6,8-10H2/t12-,14-/m1/s1. The molecule has 0 amide bonds. The molecule has 1 aromatic carbocycles. The van der Waals surface area contributed by atoms with Crippen molar-refractivity contribution in [3.8, 4) is 5.75 Å². The van der Waals surface area contributed by atoms with E-state index >= 15 is 0 Å². The van der Waals surface area contributed by atoms with Gasteiger partial charge in [0, 0.05) is 6.61 Å². The first-order valence-electron chi connectivity index (χ1n) is 6.34. The molecule has 0 aliphatic heterocycles. The second-order valence-corrected chi connectivity index (χ2v) is 4.59. The van der Waals surface area contributed by atoms with Gasteiger partial charge < -0.3 is 14.9 Å². The summed E-state index contributed by atoms with van der Waals surface area (Å²) in [4.78, 5) is 0. The van der Waals surface area contributed by atoms with E-state index in [4.69, 9.17) is 9.84 Å². The maximum atomic E-state index is 9.88. The number of rotatable bonds is 4. The zero-order valence-corrected chi connectivity index (χ0v) is 10.0. The summed E-state index contributed by atoms with van der Waals surface area (Å²) >= 11 is 0. The summed E-state index contributed by atoms with van der Waals surface area (Å²) in [5.74, 6) is 0.799. The first-order valence-corrected chi connectivity index (χ1v) is 6.34. The number of benzene rings is 1. The summed E-state index contributed by atoms with van der Waals surface area (Å²) in [6.07, 6.45) is 4.08.